The lowest BCUT2D eigenvalue weighted by Crippen LogP contribution is -2.13. The molecule has 0 heterocycles. The molecule has 1 amide bonds. The molecule has 148 valence electrons. The van der Waals surface area contributed by atoms with Gasteiger partial charge in [0.1, 0.15) is 5.75 Å². The van der Waals surface area contributed by atoms with Gasteiger partial charge in [-0.3, -0.25) is 9.59 Å². The number of rotatable bonds is 7. The van der Waals surface area contributed by atoms with E-state index < -0.39 is 0 Å². The molecule has 3 aromatic rings. The van der Waals surface area contributed by atoms with Gasteiger partial charge in [0.15, 0.2) is 12.4 Å². The first-order chi connectivity index (χ1) is 14.0. The predicted molar refractivity (Wildman–Crippen MR) is 117 cm³/mol. The molecule has 0 aliphatic heterocycles. The number of anilines is 1. The van der Waals surface area contributed by atoms with Crippen LogP contribution in [-0.4, -0.2) is 18.3 Å². The van der Waals surface area contributed by atoms with Gasteiger partial charge in [-0.15, -0.1) is 0 Å². The number of halogens is 2. The molecule has 29 heavy (non-hydrogen) atoms. The Bertz CT molecular complexity index is 1030. The number of Topliss-reactive ketones (excluding diaryl/α,β-unsaturated/α-hetero) is 1. The van der Waals surface area contributed by atoms with Crippen LogP contribution in [-0.2, 0) is 6.42 Å². The van der Waals surface area contributed by atoms with Crippen molar-refractivity contribution in [2.45, 2.75) is 13.3 Å². The van der Waals surface area contributed by atoms with E-state index >= 15 is 0 Å². The van der Waals surface area contributed by atoms with E-state index in [-0.39, 0.29) is 23.3 Å². The zero-order valence-electron chi connectivity index (χ0n) is 15.7. The predicted octanol–water partition coefficient (Wildman–Crippen LogP) is 6.07. The summed E-state index contributed by atoms with van der Waals surface area (Å²) in [4.78, 5) is 24.7. The number of hydrogen-bond acceptors (Lipinski definition) is 3. The summed E-state index contributed by atoms with van der Waals surface area (Å²) in [7, 11) is 0. The number of carbonyl (C=O) groups excluding carboxylic acids is 2. The zero-order chi connectivity index (χ0) is 20.8. The van der Waals surface area contributed by atoms with E-state index in [1.54, 1.807) is 48.5 Å². The first-order valence-corrected chi connectivity index (χ1v) is 9.83. The third-order valence-corrected chi connectivity index (χ3v) is 4.87. The van der Waals surface area contributed by atoms with Gasteiger partial charge in [-0.25, -0.2) is 0 Å². The van der Waals surface area contributed by atoms with E-state index in [0.717, 1.165) is 6.42 Å². The number of ketones is 1. The van der Waals surface area contributed by atoms with Crippen LogP contribution in [0, 0.1) is 0 Å². The molecule has 0 bridgehead atoms. The van der Waals surface area contributed by atoms with Crippen molar-refractivity contribution < 1.29 is 14.3 Å². The van der Waals surface area contributed by atoms with Crippen molar-refractivity contribution >= 4 is 40.6 Å². The summed E-state index contributed by atoms with van der Waals surface area (Å²) >= 11 is 11.9. The lowest BCUT2D eigenvalue weighted by Gasteiger charge is -2.10. The molecule has 3 aromatic carbocycles. The molecule has 1 N–H and O–H groups in total. The first-order valence-electron chi connectivity index (χ1n) is 9.07. The Hall–Kier alpha value is -2.82. The quantitative estimate of drug-likeness (QED) is 0.465. The van der Waals surface area contributed by atoms with Crippen molar-refractivity contribution in [2.24, 2.45) is 0 Å². The summed E-state index contributed by atoms with van der Waals surface area (Å²) < 4.78 is 5.60. The van der Waals surface area contributed by atoms with Crippen LogP contribution in [0.2, 0.25) is 10.0 Å². The maximum atomic E-state index is 12.4. The molecule has 0 unspecified atom stereocenters. The third-order valence-electron chi connectivity index (χ3n) is 4.32. The highest BCUT2D eigenvalue weighted by Gasteiger charge is 2.12. The van der Waals surface area contributed by atoms with Crippen LogP contribution in [0.25, 0.3) is 0 Å². The Labute approximate surface area is 179 Å². The fraction of sp³-hybridized carbons (Fsp3) is 0.130. The summed E-state index contributed by atoms with van der Waals surface area (Å²) in [5.41, 5.74) is 2.61. The highest BCUT2D eigenvalue weighted by atomic mass is 35.5. The minimum atomic E-state index is -0.365. The fourth-order valence-corrected chi connectivity index (χ4v) is 3.19. The molecular weight excluding hydrogens is 409 g/mol. The maximum absolute atomic E-state index is 12.4. The van der Waals surface area contributed by atoms with Crippen LogP contribution in [0.4, 0.5) is 5.69 Å². The molecule has 0 aromatic heterocycles. The highest BCUT2D eigenvalue weighted by molar-refractivity contribution is 6.37. The van der Waals surface area contributed by atoms with Crippen molar-refractivity contribution in [1.82, 2.24) is 0 Å². The largest absolute Gasteiger partial charge is 0.485 e. The van der Waals surface area contributed by atoms with Gasteiger partial charge in [0.05, 0.1) is 10.6 Å². The Balaban J connectivity index is 1.63. The number of amides is 1. The van der Waals surface area contributed by atoms with E-state index in [1.165, 1.54) is 11.6 Å². The number of nitrogens with one attached hydrogen (secondary N) is 1. The van der Waals surface area contributed by atoms with E-state index in [9.17, 15) is 9.59 Å². The minimum absolute atomic E-state index is 0.0914. The van der Waals surface area contributed by atoms with Gasteiger partial charge in [-0.05, 0) is 42.3 Å². The third kappa shape index (κ3) is 5.59. The number of hydrogen-bond donors (Lipinski definition) is 1. The van der Waals surface area contributed by atoms with Gasteiger partial charge >= 0.3 is 0 Å². The number of benzene rings is 3. The summed E-state index contributed by atoms with van der Waals surface area (Å²) in [5, 5.41) is 3.48. The molecule has 0 spiro atoms. The average Bonchev–Trinajstić information content (AvgIpc) is 2.72. The second-order valence-electron chi connectivity index (χ2n) is 6.37. The Kier molecular flexibility index (Phi) is 6.91. The number of carbonyl (C=O) groups is 2. The Morgan fingerprint density at radius 2 is 1.72 bits per heavy atom. The molecule has 0 aliphatic carbocycles. The summed E-state index contributed by atoms with van der Waals surface area (Å²) in [6.45, 7) is 1.97. The smallest absolute Gasteiger partial charge is 0.257 e. The van der Waals surface area contributed by atoms with Gasteiger partial charge in [-0.1, -0.05) is 60.5 Å². The summed E-state index contributed by atoms with van der Waals surface area (Å²) in [6.07, 6.45) is 0.921. The summed E-state index contributed by atoms with van der Waals surface area (Å²) in [5.74, 6) is -0.00511. The van der Waals surface area contributed by atoms with Gasteiger partial charge in [-0.2, -0.15) is 0 Å². The van der Waals surface area contributed by atoms with Crippen molar-refractivity contribution in [3.8, 4) is 5.75 Å². The van der Waals surface area contributed by atoms with Gasteiger partial charge in [0.25, 0.3) is 5.91 Å². The molecule has 0 atom stereocenters. The first kappa shape index (κ1) is 20.9. The van der Waals surface area contributed by atoms with Crippen molar-refractivity contribution in [3.05, 3.63) is 93.5 Å². The Morgan fingerprint density at radius 1 is 0.966 bits per heavy atom. The molecule has 0 radical (unpaired) electrons. The van der Waals surface area contributed by atoms with Crippen molar-refractivity contribution in [2.75, 3.05) is 11.9 Å². The van der Waals surface area contributed by atoms with Crippen molar-refractivity contribution in [3.63, 3.8) is 0 Å². The monoisotopic (exact) mass is 427 g/mol. The normalized spacial score (nSPS) is 10.4. The van der Waals surface area contributed by atoms with Crippen LogP contribution < -0.4 is 10.1 Å². The summed E-state index contributed by atoms with van der Waals surface area (Å²) in [6, 6.07) is 19.0. The molecule has 4 nitrogen and oxygen atoms in total. The minimum Gasteiger partial charge on any atom is -0.485 e. The lowest BCUT2D eigenvalue weighted by molar-refractivity contribution is 0.0920. The van der Waals surface area contributed by atoms with Crippen LogP contribution >= 0.6 is 23.2 Å². The van der Waals surface area contributed by atoms with E-state index in [0.29, 0.717) is 27.6 Å². The second kappa shape index (κ2) is 9.59. The average molecular weight is 428 g/mol. The van der Waals surface area contributed by atoms with Crippen LogP contribution in [0.15, 0.2) is 66.7 Å². The number of aryl methyl sites for hydroxylation is 1. The fourth-order valence-electron chi connectivity index (χ4n) is 2.69. The van der Waals surface area contributed by atoms with Crippen LogP contribution in [0.5, 0.6) is 5.75 Å². The van der Waals surface area contributed by atoms with E-state index in [2.05, 4.69) is 12.2 Å². The molecule has 0 saturated carbocycles. The maximum Gasteiger partial charge on any atom is 0.257 e. The zero-order valence-corrected chi connectivity index (χ0v) is 17.3. The SMILES string of the molecule is CCc1ccc(C(=O)COc2cccc(NC(=O)c3ccc(Cl)cc3Cl)c2)cc1. The van der Waals surface area contributed by atoms with Crippen molar-refractivity contribution in [1.29, 1.82) is 0 Å². The van der Waals surface area contributed by atoms with Gasteiger partial charge in [0, 0.05) is 22.3 Å². The molecule has 0 aliphatic rings. The lowest BCUT2D eigenvalue weighted by atomic mass is 10.1. The van der Waals surface area contributed by atoms with Gasteiger partial charge < -0.3 is 10.1 Å². The number of ether oxygens (including phenoxy) is 1. The van der Waals surface area contributed by atoms with Crippen LogP contribution in [0.3, 0.4) is 0 Å². The highest BCUT2D eigenvalue weighted by Crippen LogP contribution is 2.23. The molecule has 3 rings (SSSR count). The van der Waals surface area contributed by atoms with E-state index in [4.69, 9.17) is 27.9 Å². The molecule has 0 saturated heterocycles. The van der Waals surface area contributed by atoms with Gasteiger partial charge in [0.2, 0.25) is 0 Å². The van der Waals surface area contributed by atoms with E-state index in [1.807, 2.05) is 12.1 Å². The molecule has 0 fully saturated rings. The second-order valence-corrected chi connectivity index (χ2v) is 7.21. The molecule has 6 heteroatoms. The standard InChI is InChI=1S/C23H19Cl2NO3/c1-2-15-6-8-16(9-7-15)22(27)14-29-19-5-3-4-18(13-19)26-23(28)20-11-10-17(24)12-21(20)25/h3-13H,2,14H2,1H3,(H,26,28). The molecular formula is C23H19Cl2NO3. The Morgan fingerprint density at radius 3 is 2.41 bits per heavy atom. The topological polar surface area (TPSA) is 55.4 Å². The van der Waals surface area contributed by atoms with Crippen LogP contribution in [0.1, 0.15) is 33.2 Å².